The highest BCUT2D eigenvalue weighted by molar-refractivity contribution is 8.08. The molecule has 0 heterocycles. The number of rotatable bonds is 1. The molecule has 6 nitrogen and oxygen atoms in total. The number of nitrogens with zero attached hydrogens (tertiary/aromatic N) is 2. The topological polar surface area (TPSA) is 111 Å². The zero-order valence-corrected chi connectivity index (χ0v) is 9.06. The van der Waals surface area contributed by atoms with Gasteiger partial charge in [0.1, 0.15) is 0 Å². The fourth-order valence-corrected chi connectivity index (χ4v) is 2.08. The van der Waals surface area contributed by atoms with Gasteiger partial charge in [0.15, 0.2) is 5.97 Å². The molecule has 0 aliphatic heterocycles. The maximum Gasteiger partial charge on any atom is 0.432 e. The number of benzene rings is 1. The van der Waals surface area contributed by atoms with Gasteiger partial charge in [-0.2, -0.15) is 4.79 Å². The normalized spacial score (nSPS) is 10.6. The van der Waals surface area contributed by atoms with Crippen LogP contribution in [0.1, 0.15) is 5.56 Å². The van der Waals surface area contributed by atoms with Gasteiger partial charge in [0, 0.05) is 0 Å². The molecule has 0 saturated carbocycles. The van der Waals surface area contributed by atoms with Crippen LogP contribution >= 0.6 is 0 Å². The minimum atomic E-state index is -4.33. The summed E-state index contributed by atoms with van der Waals surface area (Å²) >= 11 is 0. The molecule has 0 aromatic heterocycles. The van der Waals surface area contributed by atoms with Crippen molar-refractivity contribution in [1.29, 1.82) is 0 Å². The first-order chi connectivity index (χ1) is 7.39. The van der Waals surface area contributed by atoms with E-state index in [2.05, 4.69) is 4.79 Å². The van der Waals surface area contributed by atoms with Crippen molar-refractivity contribution < 1.29 is 23.1 Å². The molecule has 1 aromatic rings. The Labute approximate surface area is 91.7 Å². The van der Waals surface area contributed by atoms with E-state index in [9.17, 15) is 18.3 Å². The Hall–Kier alpha value is -1.98. The summed E-state index contributed by atoms with van der Waals surface area (Å²) in [5.74, 6) is -2.05. The second-order valence-corrected chi connectivity index (χ2v) is 4.87. The number of carbonyl (C=O) groups is 1. The van der Waals surface area contributed by atoms with Crippen molar-refractivity contribution in [2.75, 3.05) is 0 Å². The van der Waals surface area contributed by atoms with Crippen LogP contribution < -0.4 is 5.11 Å². The number of carbonyl (C=O) groups excluding carboxylic acids is 1. The summed E-state index contributed by atoms with van der Waals surface area (Å²) in [6, 6.07) is 5.44. The molecule has 0 bridgehead atoms. The number of aliphatic carboxylic acids is 1. The average molecular weight is 239 g/mol. The van der Waals surface area contributed by atoms with Crippen molar-refractivity contribution in [3.05, 3.63) is 35.4 Å². The lowest BCUT2D eigenvalue weighted by atomic mass is 10.2. The van der Waals surface area contributed by atoms with E-state index >= 15 is 0 Å². The number of carboxylic acid groups (broad SMARTS) is 1. The lowest BCUT2D eigenvalue weighted by Crippen LogP contribution is -2.37. The minimum Gasteiger partial charge on any atom is -0.538 e. The van der Waals surface area contributed by atoms with E-state index in [-0.39, 0.29) is 4.90 Å². The van der Waals surface area contributed by atoms with Crippen LogP contribution in [0.3, 0.4) is 0 Å². The molecule has 0 amide bonds. The van der Waals surface area contributed by atoms with Crippen molar-refractivity contribution in [2.45, 2.75) is 11.8 Å². The zero-order chi connectivity index (χ0) is 12.3. The maximum absolute atomic E-state index is 11.6. The molecule has 1 aromatic carbocycles. The molecule has 0 fully saturated rings. The Morgan fingerprint density at radius 2 is 1.81 bits per heavy atom. The molecule has 7 heteroatoms. The summed E-state index contributed by atoms with van der Waals surface area (Å²) in [6.07, 6.45) is 0. The highest BCUT2D eigenvalue weighted by Gasteiger charge is 2.31. The van der Waals surface area contributed by atoms with Crippen molar-refractivity contribution in [3.8, 4) is 0 Å². The van der Waals surface area contributed by atoms with E-state index in [4.69, 9.17) is 5.53 Å². The van der Waals surface area contributed by atoms with E-state index in [1.807, 2.05) is 0 Å². The summed E-state index contributed by atoms with van der Waals surface area (Å²) < 4.78 is 23.2. The smallest absolute Gasteiger partial charge is 0.432 e. The molecule has 16 heavy (non-hydrogen) atoms. The van der Waals surface area contributed by atoms with Gasteiger partial charge < -0.3 is 15.4 Å². The highest BCUT2D eigenvalue weighted by atomic mass is 32.2. The Bertz CT molecular complexity index is 568. The monoisotopic (exact) mass is 239 g/mol. The molecule has 0 unspecified atom stereocenters. The third-order valence-electron chi connectivity index (χ3n) is 1.85. The quantitative estimate of drug-likeness (QED) is 0.275. The maximum atomic E-state index is 11.6. The van der Waals surface area contributed by atoms with E-state index in [1.54, 1.807) is 6.92 Å². The minimum absolute atomic E-state index is 0.268. The van der Waals surface area contributed by atoms with Crippen molar-refractivity contribution >= 4 is 20.9 Å². The van der Waals surface area contributed by atoms with Crippen molar-refractivity contribution in [3.63, 3.8) is 0 Å². The Balaban J connectivity index is 3.38. The number of aryl methyl sites for hydroxylation is 1. The zero-order valence-electron chi connectivity index (χ0n) is 8.25. The van der Waals surface area contributed by atoms with Crippen LogP contribution in [0.4, 0.5) is 0 Å². The van der Waals surface area contributed by atoms with Crippen LogP contribution in [0.2, 0.25) is 0 Å². The SMILES string of the molecule is Cc1ccc(S(=O)(=O)C(=[N+]=[N-])C(=O)[O-])cc1. The lowest BCUT2D eigenvalue weighted by molar-refractivity contribution is -0.296. The van der Waals surface area contributed by atoms with E-state index in [0.717, 1.165) is 5.56 Å². The van der Waals surface area contributed by atoms with Crippen LogP contribution in [0.5, 0.6) is 0 Å². The summed E-state index contributed by atoms with van der Waals surface area (Å²) in [4.78, 5) is 12.4. The standard InChI is InChI=1S/C9H8N2O4S/c1-6-2-4-7(5-3-6)16(14,15)8(11-10)9(12)13/h2-5H,1H3,(H,12,13)/p-1. The van der Waals surface area contributed by atoms with Gasteiger partial charge in [-0.3, -0.25) is 0 Å². The van der Waals surface area contributed by atoms with E-state index in [0.29, 0.717) is 0 Å². The molecule has 84 valence electrons. The summed E-state index contributed by atoms with van der Waals surface area (Å²) in [5, 5.41) is 9.03. The fraction of sp³-hybridized carbons (Fsp3) is 0.111. The van der Waals surface area contributed by atoms with Gasteiger partial charge >= 0.3 is 5.04 Å². The van der Waals surface area contributed by atoms with Gasteiger partial charge in [0.05, 0.1) is 4.90 Å². The third-order valence-corrected chi connectivity index (χ3v) is 3.50. The molecule has 0 saturated heterocycles. The predicted octanol–water partition coefficient (Wildman–Crippen LogP) is -0.853. The Morgan fingerprint density at radius 3 is 2.19 bits per heavy atom. The van der Waals surface area contributed by atoms with E-state index in [1.165, 1.54) is 24.3 Å². The molecular weight excluding hydrogens is 232 g/mol. The number of carboxylic acids is 1. The average Bonchev–Trinajstić information content (AvgIpc) is 2.18. The number of hydrogen-bond acceptors (Lipinski definition) is 4. The van der Waals surface area contributed by atoms with Crippen molar-refractivity contribution in [2.24, 2.45) is 0 Å². The lowest BCUT2D eigenvalue weighted by Gasteiger charge is -2.00. The second-order valence-electron chi connectivity index (χ2n) is 3.01. The highest BCUT2D eigenvalue weighted by Crippen LogP contribution is 2.12. The molecular formula is C9H7N2O4S-. The summed E-state index contributed by atoms with van der Waals surface area (Å²) in [6.45, 7) is 1.75. The van der Waals surface area contributed by atoms with Crippen LogP contribution in [0.15, 0.2) is 29.2 Å². The molecule has 0 aliphatic rings. The molecule has 1 rings (SSSR count). The molecule has 0 atom stereocenters. The third kappa shape index (κ3) is 2.16. The first-order valence-corrected chi connectivity index (χ1v) is 5.63. The number of sulfone groups is 1. The van der Waals surface area contributed by atoms with E-state index < -0.39 is 20.9 Å². The van der Waals surface area contributed by atoms with Crippen molar-refractivity contribution in [1.82, 2.24) is 0 Å². The van der Waals surface area contributed by atoms with Gasteiger partial charge in [0.25, 0.3) is 9.84 Å². The van der Waals surface area contributed by atoms with Gasteiger partial charge in [-0.15, -0.1) is 0 Å². The second kappa shape index (κ2) is 4.26. The number of hydrogen-bond donors (Lipinski definition) is 0. The molecule has 0 N–H and O–H groups in total. The Morgan fingerprint density at radius 1 is 1.31 bits per heavy atom. The van der Waals surface area contributed by atoms with Crippen LogP contribution in [-0.2, 0) is 14.6 Å². The molecule has 0 radical (unpaired) electrons. The molecule has 0 aliphatic carbocycles. The van der Waals surface area contributed by atoms with Crippen LogP contribution in [0.25, 0.3) is 5.53 Å². The fourth-order valence-electron chi connectivity index (χ4n) is 1.03. The first-order valence-electron chi connectivity index (χ1n) is 4.14. The summed E-state index contributed by atoms with van der Waals surface area (Å²) in [5.41, 5.74) is 9.15. The predicted molar refractivity (Wildman–Crippen MR) is 52.0 cm³/mol. The largest absolute Gasteiger partial charge is 0.538 e. The summed E-state index contributed by atoms with van der Waals surface area (Å²) in [7, 11) is -4.33. The van der Waals surface area contributed by atoms with Gasteiger partial charge in [0.2, 0.25) is 0 Å². The Kier molecular flexibility index (Phi) is 3.22. The van der Waals surface area contributed by atoms with Crippen LogP contribution in [0, 0.1) is 6.92 Å². The van der Waals surface area contributed by atoms with Gasteiger partial charge in [-0.1, -0.05) is 17.7 Å². The van der Waals surface area contributed by atoms with Gasteiger partial charge in [-0.25, -0.2) is 8.42 Å². The van der Waals surface area contributed by atoms with Crippen LogP contribution in [-0.4, -0.2) is 24.2 Å². The first kappa shape index (κ1) is 12.1. The van der Waals surface area contributed by atoms with Gasteiger partial charge in [-0.05, 0) is 19.1 Å². The molecule has 0 spiro atoms.